The van der Waals surface area contributed by atoms with Crippen molar-refractivity contribution in [1.82, 2.24) is 14.8 Å². The van der Waals surface area contributed by atoms with Gasteiger partial charge in [0.15, 0.2) is 5.16 Å². The molecular formula is C21H25N5OS. The number of hydrogen-bond acceptors (Lipinski definition) is 5. The van der Waals surface area contributed by atoms with Crippen LogP contribution in [-0.4, -0.2) is 26.4 Å². The predicted molar refractivity (Wildman–Crippen MR) is 114 cm³/mol. The molecule has 28 heavy (non-hydrogen) atoms. The molecule has 0 saturated carbocycles. The average molecular weight is 396 g/mol. The summed E-state index contributed by atoms with van der Waals surface area (Å²) in [6.07, 6.45) is 1.50. The minimum atomic E-state index is -0.463. The first-order valence-corrected chi connectivity index (χ1v) is 10.3. The van der Waals surface area contributed by atoms with E-state index in [1.54, 1.807) is 16.3 Å². The Labute approximate surface area is 169 Å². The van der Waals surface area contributed by atoms with Crippen molar-refractivity contribution in [3.63, 3.8) is 0 Å². The first-order chi connectivity index (χ1) is 13.6. The molecule has 146 valence electrons. The highest BCUT2D eigenvalue weighted by Gasteiger charge is 2.25. The number of aromatic nitrogens is 3. The van der Waals surface area contributed by atoms with Crippen molar-refractivity contribution in [3.8, 4) is 0 Å². The van der Waals surface area contributed by atoms with Crippen LogP contribution in [-0.2, 0) is 11.2 Å². The maximum atomic E-state index is 12.9. The molecule has 1 aromatic heterocycles. The van der Waals surface area contributed by atoms with Gasteiger partial charge in [-0.2, -0.15) is 0 Å². The molecule has 0 aliphatic carbocycles. The maximum absolute atomic E-state index is 12.9. The summed E-state index contributed by atoms with van der Waals surface area (Å²) in [5.74, 6) is 0.968. The third kappa shape index (κ3) is 4.92. The lowest BCUT2D eigenvalue weighted by Crippen LogP contribution is -2.27. The molecule has 7 heteroatoms. The molecule has 0 radical (unpaired) electrons. The summed E-state index contributed by atoms with van der Waals surface area (Å²) < 4.78 is 1.74. The predicted octanol–water partition coefficient (Wildman–Crippen LogP) is 4.09. The fraction of sp³-hybridized carbons (Fsp3) is 0.286. The zero-order valence-electron chi connectivity index (χ0n) is 16.1. The normalized spacial score (nSPS) is 11.9. The van der Waals surface area contributed by atoms with Crippen LogP contribution in [0.15, 0.2) is 59.8 Å². The standard InChI is InChI=1S/C21H25N5OS/c1-3-18(19(27)23-17-11-7-8-15(2)14-17)26-20(22)24-25-21(26)28-13-12-16-9-5-4-6-10-16/h4-11,14,18H,3,12-13H2,1-2H3,(H2,22,24)(H,23,27). The Morgan fingerprint density at radius 1 is 1.18 bits per heavy atom. The van der Waals surface area contributed by atoms with E-state index in [2.05, 4.69) is 27.6 Å². The maximum Gasteiger partial charge on any atom is 0.247 e. The van der Waals surface area contributed by atoms with Gasteiger partial charge in [-0.3, -0.25) is 9.36 Å². The van der Waals surface area contributed by atoms with Crippen LogP contribution in [0.1, 0.15) is 30.5 Å². The molecule has 0 spiro atoms. The van der Waals surface area contributed by atoms with Gasteiger partial charge in [0, 0.05) is 11.4 Å². The van der Waals surface area contributed by atoms with Gasteiger partial charge in [0.1, 0.15) is 6.04 Å². The Balaban J connectivity index is 1.71. The number of anilines is 2. The molecule has 0 aliphatic rings. The third-order valence-corrected chi connectivity index (χ3v) is 5.39. The quantitative estimate of drug-likeness (QED) is 0.561. The van der Waals surface area contributed by atoms with Crippen LogP contribution in [0.25, 0.3) is 0 Å². The molecule has 0 bridgehead atoms. The van der Waals surface area contributed by atoms with Gasteiger partial charge < -0.3 is 11.1 Å². The molecule has 0 saturated heterocycles. The molecule has 2 aromatic carbocycles. The van der Waals surface area contributed by atoms with E-state index < -0.39 is 6.04 Å². The number of carbonyl (C=O) groups excluding carboxylic acids is 1. The summed E-state index contributed by atoms with van der Waals surface area (Å²) in [7, 11) is 0. The number of aryl methyl sites for hydroxylation is 2. The van der Waals surface area contributed by atoms with E-state index >= 15 is 0 Å². The molecule has 6 nitrogen and oxygen atoms in total. The fourth-order valence-electron chi connectivity index (χ4n) is 3.02. The fourth-order valence-corrected chi connectivity index (χ4v) is 4.00. The number of hydrogen-bond donors (Lipinski definition) is 2. The van der Waals surface area contributed by atoms with E-state index in [4.69, 9.17) is 5.73 Å². The summed E-state index contributed by atoms with van der Waals surface area (Å²) in [6.45, 7) is 3.95. The zero-order valence-corrected chi connectivity index (χ0v) is 16.9. The zero-order chi connectivity index (χ0) is 19.9. The number of carbonyl (C=O) groups is 1. The number of benzene rings is 2. The third-order valence-electron chi connectivity index (χ3n) is 4.44. The SMILES string of the molecule is CCC(C(=O)Nc1cccc(C)c1)n1c(N)nnc1SCCc1ccccc1. The number of rotatable bonds is 8. The smallest absolute Gasteiger partial charge is 0.247 e. The topological polar surface area (TPSA) is 85.8 Å². The van der Waals surface area contributed by atoms with Gasteiger partial charge in [0.2, 0.25) is 11.9 Å². The molecule has 1 heterocycles. The van der Waals surface area contributed by atoms with E-state index in [1.807, 2.05) is 56.3 Å². The van der Waals surface area contributed by atoms with Crippen LogP contribution >= 0.6 is 11.8 Å². The monoisotopic (exact) mass is 395 g/mol. The summed E-state index contributed by atoms with van der Waals surface area (Å²) in [4.78, 5) is 12.9. The van der Waals surface area contributed by atoms with E-state index in [0.717, 1.165) is 23.4 Å². The molecule has 1 atom stereocenters. The van der Waals surface area contributed by atoms with E-state index in [-0.39, 0.29) is 11.9 Å². The summed E-state index contributed by atoms with van der Waals surface area (Å²) in [5, 5.41) is 11.8. The Morgan fingerprint density at radius 2 is 1.96 bits per heavy atom. The number of thioether (sulfide) groups is 1. The highest BCUT2D eigenvalue weighted by molar-refractivity contribution is 7.99. The second-order valence-electron chi connectivity index (χ2n) is 6.58. The average Bonchev–Trinajstić information content (AvgIpc) is 3.04. The summed E-state index contributed by atoms with van der Waals surface area (Å²) in [5.41, 5.74) is 9.18. The van der Waals surface area contributed by atoms with Gasteiger partial charge >= 0.3 is 0 Å². The Hall–Kier alpha value is -2.80. The number of amides is 1. The van der Waals surface area contributed by atoms with Gasteiger partial charge in [0.25, 0.3) is 0 Å². The van der Waals surface area contributed by atoms with Gasteiger partial charge in [-0.15, -0.1) is 10.2 Å². The van der Waals surface area contributed by atoms with Gasteiger partial charge in [-0.25, -0.2) is 0 Å². The van der Waals surface area contributed by atoms with E-state index in [0.29, 0.717) is 11.6 Å². The molecule has 3 N–H and O–H groups in total. The van der Waals surface area contributed by atoms with Gasteiger partial charge in [-0.1, -0.05) is 61.2 Å². The minimum Gasteiger partial charge on any atom is -0.368 e. The van der Waals surface area contributed by atoms with Crippen LogP contribution < -0.4 is 11.1 Å². The van der Waals surface area contributed by atoms with Crippen molar-refractivity contribution >= 4 is 29.3 Å². The second-order valence-corrected chi connectivity index (χ2v) is 7.64. The Morgan fingerprint density at radius 3 is 2.68 bits per heavy atom. The molecular weight excluding hydrogens is 370 g/mol. The molecule has 1 amide bonds. The Bertz CT molecular complexity index is 926. The van der Waals surface area contributed by atoms with Crippen LogP contribution in [0.5, 0.6) is 0 Å². The first kappa shape index (κ1) is 19.9. The lowest BCUT2D eigenvalue weighted by atomic mass is 10.2. The van der Waals surface area contributed by atoms with Crippen molar-refractivity contribution < 1.29 is 4.79 Å². The number of nitrogen functional groups attached to an aromatic ring is 1. The van der Waals surface area contributed by atoms with E-state index in [1.165, 1.54) is 5.56 Å². The molecule has 0 fully saturated rings. The Kier molecular flexibility index (Phi) is 6.71. The van der Waals surface area contributed by atoms with Crippen molar-refractivity contribution in [2.75, 3.05) is 16.8 Å². The van der Waals surface area contributed by atoms with Crippen molar-refractivity contribution in [3.05, 3.63) is 65.7 Å². The number of nitrogens with one attached hydrogen (secondary N) is 1. The lowest BCUT2D eigenvalue weighted by Gasteiger charge is -2.19. The van der Waals surface area contributed by atoms with Gasteiger partial charge in [-0.05, 0) is 43.0 Å². The van der Waals surface area contributed by atoms with Crippen molar-refractivity contribution in [2.24, 2.45) is 0 Å². The van der Waals surface area contributed by atoms with Gasteiger partial charge in [0.05, 0.1) is 0 Å². The summed E-state index contributed by atoms with van der Waals surface area (Å²) in [6, 6.07) is 17.5. The molecule has 3 rings (SSSR count). The van der Waals surface area contributed by atoms with Crippen molar-refractivity contribution in [2.45, 2.75) is 37.9 Å². The second kappa shape index (κ2) is 9.41. The van der Waals surface area contributed by atoms with Crippen LogP contribution in [0, 0.1) is 6.92 Å². The lowest BCUT2D eigenvalue weighted by molar-refractivity contribution is -0.119. The molecule has 3 aromatic rings. The van der Waals surface area contributed by atoms with Crippen LogP contribution in [0.2, 0.25) is 0 Å². The number of nitrogens with zero attached hydrogens (tertiary/aromatic N) is 3. The largest absolute Gasteiger partial charge is 0.368 e. The van der Waals surface area contributed by atoms with Crippen LogP contribution in [0.4, 0.5) is 11.6 Å². The highest BCUT2D eigenvalue weighted by atomic mass is 32.2. The van der Waals surface area contributed by atoms with Crippen molar-refractivity contribution in [1.29, 1.82) is 0 Å². The minimum absolute atomic E-state index is 0.121. The summed E-state index contributed by atoms with van der Waals surface area (Å²) >= 11 is 1.56. The first-order valence-electron chi connectivity index (χ1n) is 9.33. The molecule has 0 aliphatic heterocycles. The van der Waals surface area contributed by atoms with Crippen LogP contribution in [0.3, 0.4) is 0 Å². The molecule has 1 unspecified atom stereocenters. The number of nitrogens with two attached hydrogens (primary N) is 1. The highest BCUT2D eigenvalue weighted by Crippen LogP contribution is 2.26. The van der Waals surface area contributed by atoms with E-state index in [9.17, 15) is 4.79 Å².